The van der Waals surface area contributed by atoms with Gasteiger partial charge < -0.3 is 9.47 Å². The molecule has 0 bridgehead atoms. The van der Waals surface area contributed by atoms with Gasteiger partial charge in [-0.1, -0.05) is 50.6 Å². The van der Waals surface area contributed by atoms with E-state index in [2.05, 4.69) is 0 Å². The molecule has 2 atom stereocenters. The quantitative estimate of drug-likeness (QED) is 0.712. The van der Waals surface area contributed by atoms with Gasteiger partial charge in [-0.15, -0.1) is 0 Å². The highest BCUT2D eigenvalue weighted by atomic mass is 16.6. The third-order valence-corrected chi connectivity index (χ3v) is 2.87. The summed E-state index contributed by atoms with van der Waals surface area (Å²) in [6.07, 6.45) is 0.402. The number of esters is 1. The van der Waals surface area contributed by atoms with Crippen molar-refractivity contribution in [2.75, 3.05) is 7.11 Å². The van der Waals surface area contributed by atoms with Gasteiger partial charge in [-0.3, -0.25) is 0 Å². The van der Waals surface area contributed by atoms with E-state index < -0.39 is 6.10 Å². The first kappa shape index (κ1) is 13.7. The lowest BCUT2D eigenvalue weighted by molar-refractivity contribution is -0.158. The minimum atomic E-state index is -0.481. The van der Waals surface area contributed by atoms with E-state index in [1.807, 2.05) is 44.2 Å². The molecule has 0 amide bonds. The van der Waals surface area contributed by atoms with Gasteiger partial charge in [-0.05, 0) is 11.5 Å². The molecule has 3 nitrogen and oxygen atoms in total. The van der Waals surface area contributed by atoms with E-state index in [1.54, 1.807) is 0 Å². The lowest BCUT2D eigenvalue weighted by atomic mass is 10.0. The molecule has 3 heteroatoms. The average Bonchev–Trinajstić information content (AvgIpc) is 2.39. The molecule has 0 spiro atoms. The van der Waals surface area contributed by atoms with Crippen molar-refractivity contribution < 1.29 is 14.3 Å². The fourth-order valence-electron chi connectivity index (χ4n) is 1.56. The zero-order valence-electron chi connectivity index (χ0n) is 10.7. The number of benzene rings is 1. The summed E-state index contributed by atoms with van der Waals surface area (Å²) in [5, 5.41) is 0. The molecule has 0 saturated carbocycles. The summed E-state index contributed by atoms with van der Waals surface area (Å²) in [5.41, 5.74) is 1.06. The van der Waals surface area contributed by atoms with Gasteiger partial charge in [0.05, 0.1) is 13.7 Å². The molecule has 0 aromatic heterocycles. The van der Waals surface area contributed by atoms with Gasteiger partial charge in [0.2, 0.25) is 0 Å². The highest BCUT2D eigenvalue weighted by Gasteiger charge is 2.25. The number of ether oxygens (including phenoxy) is 2. The first-order chi connectivity index (χ1) is 8.19. The number of carbonyl (C=O) groups is 1. The zero-order chi connectivity index (χ0) is 12.7. The molecule has 17 heavy (non-hydrogen) atoms. The molecule has 0 unspecified atom stereocenters. The predicted molar refractivity (Wildman–Crippen MR) is 66.5 cm³/mol. The van der Waals surface area contributed by atoms with E-state index in [1.165, 1.54) is 7.11 Å². The summed E-state index contributed by atoms with van der Waals surface area (Å²) >= 11 is 0. The van der Waals surface area contributed by atoms with Crippen molar-refractivity contribution in [3.05, 3.63) is 35.9 Å². The Morgan fingerprint density at radius 1 is 1.29 bits per heavy atom. The van der Waals surface area contributed by atoms with Crippen LogP contribution in [0.2, 0.25) is 0 Å². The van der Waals surface area contributed by atoms with Crippen LogP contribution >= 0.6 is 0 Å². The van der Waals surface area contributed by atoms with E-state index in [9.17, 15) is 4.79 Å². The minimum absolute atomic E-state index is 0.158. The molecule has 0 radical (unpaired) electrons. The van der Waals surface area contributed by atoms with Crippen LogP contribution in [-0.4, -0.2) is 19.2 Å². The van der Waals surface area contributed by atoms with Gasteiger partial charge >= 0.3 is 5.97 Å². The van der Waals surface area contributed by atoms with E-state index in [4.69, 9.17) is 9.47 Å². The second kappa shape index (κ2) is 7.07. The van der Waals surface area contributed by atoms with Crippen molar-refractivity contribution in [2.24, 2.45) is 5.92 Å². The van der Waals surface area contributed by atoms with Crippen molar-refractivity contribution >= 4 is 5.97 Å². The van der Waals surface area contributed by atoms with Gasteiger partial charge in [-0.2, -0.15) is 0 Å². The van der Waals surface area contributed by atoms with Crippen LogP contribution in [0.4, 0.5) is 0 Å². The van der Waals surface area contributed by atoms with Crippen LogP contribution in [0.15, 0.2) is 30.3 Å². The van der Waals surface area contributed by atoms with Crippen LogP contribution < -0.4 is 0 Å². The van der Waals surface area contributed by atoms with Crippen LogP contribution in [0.25, 0.3) is 0 Å². The van der Waals surface area contributed by atoms with Gasteiger partial charge in [0, 0.05) is 0 Å². The largest absolute Gasteiger partial charge is 0.467 e. The number of carbonyl (C=O) groups excluding carboxylic acids is 1. The lowest BCUT2D eigenvalue weighted by Crippen LogP contribution is -2.31. The SMILES string of the molecule is CC[C@H](C)[C@H](OCc1ccccc1)C(=O)OC. The fraction of sp³-hybridized carbons (Fsp3) is 0.500. The summed E-state index contributed by atoms with van der Waals surface area (Å²) in [5.74, 6) is -0.138. The molecule has 0 heterocycles. The van der Waals surface area contributed by atoms with Crippen molar-refractivity contribution in [1.82, 2.24) is 0 Å². The Balaban J connectivity index is 2.58. The van der Waals surface area contributed by atoms with Gasteiger partial charge in [0.15, 0.2) is 6.10 Å². The zero-order valence-corrected chi connectivity index (χ0v) is 10.7. The molecular formula is C14H20O3. The molecule has 1 rings (SSSR count). The number of hydrogen-bond donors (Lipinski definition) is 0. The van der Waals surface area contributed by atoms with E-state index >= 15 is 0 Å². The Kier molecular flexibility index (Phi) is 5.70. The van der Waals surface area contributed by atoms with Crippen LogP contribution in [0.3, 0.4) is 0 Å². The molecular weight excluding hydrogens is 216 g/mol. The van der Waals surface area contributed by atoms with Crippen molar-refractivity contribution in [3.63, 3.8) is 0 Å². The Hall–Kier alpha value is -1.35. The molecule has 0 aliphatic rings. The summed E-state index contributed by atoms with van der Waals surface area (Å²) in [4.78, 5) is 11.6. The molecule has 1 aromatic carbocycles. The second-order valence-corrected chi connectivity index (χ2v) is 4.13. The summed E-state index contributed by atoms with van der Waals surface area (Å²) < 4.78 is 10.4. The van der Waals surface area contributed by atoms with Gasteiger partial charge in [0.25, 0.3) is 0 Å². The maximum absolute atomic E-state index is 11.6. The van der Waals surface area contributed by atoms with Gasteiger partial charge in [0.1, 0.15) is 0 Å². The summed E-state index contributed by atoms with van der Waals surface area (Å²) in [6, 6.07) is 9.82. The fourth-order valence-corrected chi connectivity index (χ4v) is 1.56. The normalized spacial score (nSPS) is 14.1. The maximum Gasteiger partial charge on any atom is 0.335 e. The molecule has 0 N–H and O–H groups in total. The van der Waals surface area contributed by atoms with Crippen molar-refractivity contribution in [2.45, 2.75) is 33.0 Å². The standard InChI is InChI=1S/C14H20O3/c1-4-11(2)13(14(15)16-3)17-10-12-8-6-5-7-9-12/h5-9,11,13H,4,10H2,1-3H3/t11-,13-/m0/s1. The van der Waals surface area contributed by atoms with Crippen LogP contribution in [0.5, 0.6) is 0 Å². The van der Waals surface area contributed by atoms with E-state index in [0.717, 1.165) is 12.0 Å². The molecule has 0 saturated heterocycles. The molecule has 94 valence electrons. The summed E-state index contributed by atoms with van der Waals surface area (Å²) in [6.45, 7) is 4.46. The smallest absolute Gasteiger partial charge is 0.335 e. The van der Waals surface area contributed by atoms with Crippen LogP contribution in [0.1, 0.15) is 25.8 Å². The predicted octanol–water partition coefficient (Wildman–Crippen LogP) is 2.79. The topological polar surface area (TPSA) is 35.5 Å². The average molecular weight is 236 g/mol. The Morgan fingerprint density at radius 2 is 1.94 bits per heavy atom. The Bertz CT molecular complexity index is 335. The molecule has 0 fully saturated rings. The molecule has 0 aliphatic carbocycles. The number of hydrogen-bond acceptors (Lipinski definition) is 3. The van der Waals surface area contributed by atoms with E-state index in [0.29, 0.717) is 6.61 Å². The third kappa shape index (κ3) is 4.19. The second-order valence-electron chi connectivity index (χ2n) is 4.13. The molecule has 0 aliphatic heterocycles. The molecule has 1 aromatic rings. The Morgan fingerprint density at radius 3 is 2.47 bits per heavy atom. The van der Waals surface area contributed by atoms with Crippen LogP contribution in [0, 0.1) is 5.92 Å². The third-order valence-electron chi connectivity index (χ3n) is 2.87. The van der Waals surface area contributed by atoms with Crippen molar-refractivity contribution in [3.8, 4) is 0 Å². The number of methoxy groups -OCH3 is 1. The van der Waals surface area contributed by atoms with E-state index in [-0.39, 0.29) is 11.9 Å². The van der Waals surface area contributed by atoms with Crippen LogP contribution in [-0.2, 0) is 20.9 Å². The highest BCUT2D eigenvalue weighted by molar-refractivity contribution is 5.74. The first-order valence-electron chi connectivity index (χ1n) is 5.92. The summed E-state index contributed by atoms with van der Waals surface area (Å²) in [7, 11) is 1.39. The lowest BCUT2D eigenvalue weighted by Gasteiger charge is -2.21. The van der Waals surface area contributed by atoms with Gasteiger partial charge in [-0.25, -0.2) is 4.79 Å². The maximum atomic E-state index is 11.6. The minimum Gasteiger partial charge on any atom is -0.467 e. The number of rotatable bonds is 6. The Labute approximate surface area is 103 Å². The monoisotopic (exact) mass is 236 g/mol. The highest BCUT2D eigenvalue weighted by Crippen LogP contribution is 2.15. The first-order valence-corrected chi connectivity index (χ1v) is 5.92. The van der Waals surface area contributed by atoms with Crippen molar-refractivity contribution in [1.29, 1.82) is 0 Å².